The summed E-state index contributed by atoms with van der Waals surface area (Å²) in [6.07, 6.45) is 4.45. The van der Waals surface area contributed by atoms with E-state index in [9.17, 15) is 0 Å². The van der Waals surface area contributed by atoms with Gasteiger partial charge >= 0.3 is 0 Å². The topological polar surface area (TPSA) is 58.9 Å². The van der Waals surface area contributed by atoms with Crippen LogP contribution in [-0.2, 0) is 9.47 Å². The van der Waals surface area contributed by atoms with E-state index < -0.39 is 9.87 Å². The highest BCUT2D eigenvalue weighted by molar-refractivity contribution is 8.77. The van der Waals surface area contributed by atoms with Crippen LogP contribution in [0.5, 0.6) is 0 Å². The zero-order valence-electron chi connectivity index (χ0n) is 13.9. The van der Waals surface area contributed by atoms with E-state index >= 15 is 0 Å². The fourth-order valence-corrected chi connectivity index (χ4v) is 5.69. The van der Waals surface area contributed by atoms with Gasteiger partial charge in [-0.25, -0.2) is 0 Å². The number of ether oxygens (including phenoxy) is 2. The van der Waals surface area contributed by atoms with E-state index in [0.29, 0.717) is 25.7 Å². The molecule has 0 amide bonds. The van der Waals surface area contributed by atoms with Gasteiger partial charge in [-0.3, -0.25) is 0 Å². The summed E-state index contributed by atoms with van der Waals surface area (Å²) in [7, 11) is 3.01. The zero-order chi connectivity index (χ0) is 18.6. The highest BCUT2D eigenvalue weighted by Gasteiger charge is 2.35. The fourth-order valence-electron chi connectivity index (χ4n) is 1.88. The number of aliphatic hydroxyl groups is 2. The second-order valence-electron chi connectivity index (χ2n) is 5.53. The largest absolute Gasteiger partial charge is 0.460 e. The van der Waals surface area contributed by atoms with Crippen molar-refractivity contribution in [3.63, 3.8) is 0 Å². The normalized spacial score (nSPS) is 16.1. The molecule has 142 valence electrons. The SMILES string of the molecule is CC(CCCCO)(OC(=S)S)SSC(C)(CCCCO)OC(=S)S. The number of unbranched alkanes of at least 4 members (excludes halogenated alkanes) is 2. The third-order valence-electron chi connectivity index (χ3n) is 3.08. The summed E-state index contributed by atoms with van der Waals surface area (Å²) in [5, 5.41) is 17.9. The Hall–Kier alpha value is 1.10. The summed E-state index contributed by atoms with van der Waals surface area (Å²) >= 11 is 18.1. The first-order chi connectivity index (χ1) is 11.2. The smallest absolute Gasteiger partial charge is 0.218 e. The van der Waals surface area contributed by atoms with Crippen LogP contribution in [0, 0.1) is 0 Å². The number of rotatable bonds is 13. The lowest BCUT2D eigenvalue weighted by Gasteiger charge is -2.34. The molecule has 0 heterocycles. The van der Waals surface area contributed by atoms with Crippen LogP contribution in [0.2, 0.25) is 0 Å². The molecule has 0 aromatic heterocycles. The molecule has 0 aliphatic heterocycles. The van der Waals surface area contributed by atoms with Gasteiger partial charge in [0.15, 0.2) is 9.87 Å². The highest BCUT2D eigenvalue weighted by atomic mass is 33.1. The fraction of sp³-hybridized carbons (Fsp3) is 0.857. The van der Waals surface area contributed by atoms with Crippen LogP contribution >= 0.6 is 71.3 Å². The molecule has 0 aliphatic carbocycles. The van der Waals surface area contributed by atoms with Crippen LogP contribution in [0.3, 0.4) is 0 Å². The number of hydrogen-bond donors (Lipinski definition) is 4. The Balaban J connectivity index is 4.86. The lowest BCUT2D eigenvalue weighted by molar-refractivity contribution is 0.161. The van der Waals surface area contributed by atoms with Gasteiger partial charge in [-0.1, -0.05) is 25.3 Å². The van der Waals surface area contributed by atoms with Gasteiger partial charge in [-0.05, 0) is 98.4 Å². The number of thiocarbonyl (C=S) groups is 2. The molecule has 2 N–H and O–H groups in total. The average molecular weight is 451 g/mol. The molecular formula is C14H26O4S6. The van der Waals surface area contributed by atoms with Gasteiger partial charge in [0.2, 0.25) is 8.77 Å². The van der Waals surface area contributed by atoms with E-state index in [2.05, 4.69) is 25.3 Å². The molecule has 0 fully saturated rings. The van der Waals surface area contributed by atoms with Gasteiger partial charge < -0.3 is 19.7 Å². The van der Waals surface area contributed by atoms with E-state index in [1.807, 2.05) is 13.8 Å². The molecule has 4 nitrogen and oxygen atoms in total. The predicted octanol–water partition coefficient (Wildman–Crippen LogP) is 4.59. The average Bonchev–Trinajstić information content (AvgIpc) is 2.44. The lowest BCUT2D eigenvalue weighted by atomic mass is 10.2. The van der Waals surface area contributed by atoms with Crippen molar-refractivity contribution < 1.29 is 19.7 Å². The number of aliphatic hydroxyl groups excluding tert-OH is 2. The lowest BCUT2D eigenvalue weighted by Crippen LogP contribution is -2.29. The summed E-state index contributed by atoms with van der Waals surface area (Å²) in [6.45, 7) is 4.18. The molecule has 2 atom stereocenters. The molecule has 0 saturated carbocycles. The Morgan fingerprint density at radius 1 is 0.833 bits per heavy atom. The predicted molar refractivity (Wildman–Crippen MR) is 119 cm³/mol. The summed E-state index contributed by atoms with van der Waals surface area (Å²) in [4.78, 5) is -1.17. The maximum Gasteiger partial charge on any atom is 0.218 e. The van der Waals surface area contributed by atoms with Crippen molar-refractivity contribution in [2.24, 2.45) is 0 Å². The molecule has 0 aromatic rings. The third-order valence-corrected chi connectivity index (χ3v) is 7.16. The van der Waals surface area contributed by atoms with E-state index in [1.165, 1.54) is 21.6 Å². The summed E-state index contributed by atoms with van der Waals surface area (Å²) in [6, 6.07) is 0. The second kappa shape index (κ2) is 13.3. The first-order valence-corrected chi connectivity index (χ1v) is 11.4. The van der Waals surface area contributed by atoms with Gasteiger partial charge in [-0.2, -0.15) is 0 Å². The maximum absolute atomic E-state index is 8.97. The van der Waals surface area contributed by atoms with Gasteiger partial charge in [0.25, 0.3) is 0 Å². The van der Waals surface area contributed by atoms with Crippen LogP contribution in [0.1, 0.15) is 52.4 Å². The number of thiol groups is 2. The first kappa shape index (κ1) is 25.1. The summed E-state index contributed by atoms with van der Waals surface area (Å²) < 4.78 is 11.8. The van der Waals surface area contributed by atoms with E-state index in [1.54, 1.807) is 0 Å². The third kappa shape index (κ3) is 12.5. The van der Waals surface area contributed by atoms with Crippen molar-refractivity contribution in [1.82, 2.24) is 0 Å². The van der Waals surface area contributed by atoms with Crippen LogP contribution in [0.15, 0.2) is 0 Å². The first-order valence-electron chi connectivity index (χ1n) is 7.59. The Kier molecular flexibility index (Phi) is 13.9. The highest BCUT2D eigenvalue weighted by Crippen LogP contribution is 2.49. The van der Waals surface area contributed by atoms with Crippen molar-refractivity contribution in [2.75, 3.05) is 13.2 Å². The molecule has 0 bridgehead atoms. The zero-order valence-corrected chi connectivity index (χ0v) is 19.0. The van der Waals surface area contributed by atoms with Gasteiger partial charge in [0.1, 0.15) is 0 Å². The standard InChI is InChI=1S/C14H26O4S6/c1-13(17-11(19)20,7-3-5-9-15)23-24-14(2,18-12(21)22)8-4-6-10-16/h15-16H,3-10H2,1-2H3,(H,19,20)(H,21,22). The minimum absolute atomic E-state index is 0.148. The Labute approximate surface area is 174 Å². The molecule has 24 heavy (non-hydrogen) atoms. The Morgan fingerprint density at radius 3 is 1.42 bits per heavy atom. The molecule has 10 heteroatoms. The maximum atomic E-state index is 8.97. The van der Waals surface area contributed by atoms with Gasteiger partial charge in [0, 0.05) is 13.2 Å². The van der Waals surface area contributed by atoms with Crippen molar-refractivity contribution in [3.8, 4) is 0 Å². The van der Waals surface area contributed by atoms with Crippen molar-refractivity contribution in [3.05, 3.63) is 0 Å². The molecule has 0 aliphatic rings. The van der Waals surface area contributed by atoms with Gasteiger partial charge in [-0.15, -0.1) is 0 Å². The van der Waals surface area contributed by atoms with E-state index in [-0.39, 0.29) is 22.0 Å². The monoisotopic (exact) mass is 450 g/mol. The molecule has 2 unspecified atom stereocenters. The molecule has 0 rings (SSSR count). The van der Waals surface area contributed by atoms with E-state index in [4.69, 9.17) is 44.1 Å². The second-order valence-corrected chi connectivity index (χ2v) is 10.8. The quantitative estimate of drug-likeness (QED) is 0.107. The van der Waals surface area contributed by atoms with Crippen LogP contribution in [-0.4, -0.2) is 42.1 Å². The Bertz CT molecular complexity index is 361. The van der Waals surface area contributed by atoms with Crippen molar-refractivity contribution in [2.45, 2.75) is 62.2 Å². The van der Waals surface area contributed by atoms with Crippen LogP contribution in [0.25, 0.3) is 0 Å². The minimum Gasteiger partial charge on any atom is -0.460 e. The van der Waals surface area contributed by atoms with Crippen LogP contribution in [0.4, 0.5) is 0 Å². The molecule has 0 spiro atoms. The summed E-state index contributed by atoms with van der Waals surface area (Å²) in [5.74, 6) is 0. The molecular weight excluding hydrogens is 425 g/mol. The Morgan fingerprint density at radius 2 is 1.17 bits per heavy atom. The molecule has 0 saturated heterocycles. The van der Waals surface area contributed by atoms with Crippen molar-refractivity contribution in [1.29, 1.82) is 0 Å². The summed E-state index contributed by atoms with van der Waals surface area (Å²) in [5.41, 5.74) is 0. The number of hydrogen-bond acceptors (Lipinski definition) is 8. The molecule has 0 aromatic carbocycles. The minimum atomic E-state index is -0.585. The van der Waals surface area contributed by atoms with E-state index in [0.717, 1.165) is 12.8 Å². The van der Waals surface area contributed by atoms with Gasteiger partial charge in [0.05, 0.1) is 0 Å². The van der Waals surface area contributed by atoms with Crippen molar-refractivity contribution >= 4 is 80.0 Å². The molecule has 0 radical (unpaired) electrons. The van der Waals surface area contributed by atoms with Crippen LogP contribution < -0.4 is 0 Å².